The number of H-pyrrole nitrogens is 1. The van der Waals surface area contributed by atoms with Crippen molar-refractivity contribution in [1.29, 1.82) is 0 Å². The Labute approximate surface area is 111 Å². The minimum atomic E-state index is -0.903. The molecule has 1 aromatic carbocycles. The average Bonchev–Trinajstić information content (AvgIpc) is 2.69. The fraction of sp³-hybridized carbons (Fsp3) is 0.286. The van der Waals surface area contributed by atoms with Gasteiger partial charge in [0.25, 0.3) is 0 Å². The Morgan fingerprint density at radius 1 is 1.42 bits per heavy atom. The molecule has 2 N–H and O–H groups in total. The summed E-state index contributed by atoms with van der Waals surface area (Å²) in [5.41, 5.74) is 4.11. The molecule has 2 aromatic rings. The van der Waals surface area contributed by atoms with Crippen LogP contribution in [0.5, 0.6) is 5.75 Å². The zero-order valence-corrected chi connectivity index (χ0v) is 11.2. The molecular formula is C14H16N2O3. The van der Waals surface area contributed by atoms with E-state index >= 15 is 0 Å². The Morgan fingerprint density at radius 3 is 2.79 bits per heavy atom. The molecule has 5 heteroatoms. The number of carbonyl (C=O) groups is 1. The molecule has 1 aromatic heterocycles. The zero-order chi connectivity index (χ0) is 14.0. The third-order valence-electron chi connectivity index (χ3n) is 2.97. The number of carboxylic acids is 1. The van der Waals surface area contributed by atoms with Gasteiger partial charge in [-0.05, 0) is 26.0 Å². The second-order valence-corrected chi connectivity index (χ2v) is 4.44. The first kappa shape index (κ1) is 13.1. The van der Waals surface area contributed by atoms with Gasteiger partial charge in [0, 0.05) is 16.8 Å². The van der Waals surface area contributed by atoms with E-state index < -0.39 is 5.97 Å². The number of aromatic nitrogens is 2. The maximum atomic E-state index is 10.9. The van der Waals surface area contributed by atoms with Crippen molar-refractivity contribution < 1.29 is 14.6 Å². The number of aliphatic carboxylic acids is 1. The Hall–Kier alpha value is -2.30. The second-order valence-electron chi connectivity index (χ2n) is 4.44. The lowest BCUT2D eigenvalue weighted by atomic mass is 9.99. The van der Waals surface area contributed by atoms with Crippen molar-refractivity contribution in [3.8, 4) is 16.9 Å². The highest BCUT2D eigenvalue weighted by Gasteiger charge is 2.18. The average molecular weight is 260 g/mol. The van der Waals surface area contributed by atoms with Crippen LogP contribution in [0.15, 0.2) is 18.2 Å². The summed E-state index contributed by atoms with van der Waals surface area (Å²) in [5.74, 6) is -0.193. The lowest BCUT2D eigenvalue weighted by Gasteiger charge is -2.10. The molecule has 0 bridgehead atoms. The van der Waals surface area contributed by atoms with Crippen LogP contribution in [-0.2, 0) is 11.2 Å². The summed E-state index contributed by atoms with van der Waals surface area (Å²) in [6, 6.07) is 5.80. The molecular weight excluding hydrogens is 244 g/mol. The molecule has 0 spiro atoms. The third-order valence-corrected chi connectivity index (χ3v) is 2.97. The van der Waals surface area contributed by atoms with Gasteiger partial charge in [-0.1, -0.05) is 11.6 Å². The molecule has 0 radical (unpaired) electrons. The molecule has 2 rings (SSSR count). The van der Waals surface area contributed by atoms with E-state index in [1.807, 2.05) is 32.0 Å². The number of aryl methyl sites for hydroxylation is 2. The molecule has 0 saturated carbocycles. The van der Waals surface area contributed by atoms with Crippen LogP contribution in [0, 0.1) is 13.8 Å². The third kappa shape index (κ3) is 2.59. The molecule has 5 nitrogen and oxygen atoms in total. The SMILES string of the molecule is COc1ccc(C)cc1-c1c(CC(=O)O)n[nH]c1C. The van der Waals surface area contributed by atoms with Crippen molar-refractivity contribution in [2.24, 2.45) is 0 Å². The molecule has 0 unspecified atom stereocenters. The largest absolute Gasteiger partial charge is 0.496 e. The summed E-state index contributed by atoms with van der Waals surface area (Å²) in [4.78, 5) is 10.9. The van der Waals surface area contributed by atoms with Gasteiger partial charge in [-0.2, -0.15) is 5.10 Å². The number of nitrogens with one attached hydrogen (secondary N) is 1. The van der Waals surface area contributed by atoms with E-state index in [2.05, 4.69) is 10.2 Å². The highest BCUT2D eigenvalue weighted by Crippen LogP contribution is 2.34. The van der Waals surface area contributed by atoms with Gasteiger partial charge < -0.3 is 9.84 Å². The molecule has 0 aliphatic rings. The van der Waals surface area contributed by atoms with Crippen LogP contribution in [0.2, 0.25) is 0 Å². The van der Waals surface area contributed by atoms with Crippen molar-refractivity contribution in [3.63, 3.8) is 0 Å². The first-order chi connectivity index (χ1) is 9.02. The van der Waals surface area contributed by atoms with Crippen molar-refractivity contribution >= 4 is 5.97 Å². The first-order valence-electron chi connectivity index (χ1n) is 5.93. The van der Waals surface area contributed by atoms with Gasteiger partial charge in [0.05, 0.1) is 19.2 Å². The maximum Gasteiger partial charge on any atom is 0.309 e. The summed E-state index contributed by atoms with van der Waals surface area (Å²) >= 11 is 0. The smallest absolute Gasteiger partial charge is 0.309 e. The van der Waals surface area contributed by atoms with Crippen molar-refractivity contribution in [1.82, 2.24) is 10.2 Å². The van der Waals surface area contributed by atoms with E-state index in [9.17, 15) is 4.79 Å². The minimum absolute atomic E-state index is 0.114. The monoisotopic (exact) mass is 260 g/mol. The van der Waals surface area contributed by atoms with Crippen molar-refractivity contribution in [3.05, 3.63) is 35.2 Å². The number of methoxy groups -OCH3 is 1. The van der Waals surface area contributed by atoms with Gasteiger partial charge in [-0.25, -0.2) is 0 Å². The van der Waals surface area contributed by atoms with E-state index in [-0.39, 0.29) is 6.42 Å². The fourth-order valence-corrected chi connectivity index (χ4v) is 2.13. The Balaban J connectivity index is 2.60. The molecule has 0 aliphatic heterocycles. The van der Waals surface area contributed by atoms with Crippen LogP contribution in [0.25, 0.3) is 11.1 Å². The Morgan fingerprint density at radius 2 is 2.16 bits per heavy atom. The number of hydrogen-bond donors (Lipinski definition) is 2. The Kier molecular flexibility index (Phi) is 3.55. The van der Waals surface area contributed by atoms with Crippen LogP contribution in [0.3, 0.4) is 0 Å². The van der Waals surface area contributed by atoms with Gasteiger partial charge in [-0.3, -0.25) is 9.89 Å². The molecule has 0 aliphatic carbocycles. The van der Waals surface area contributed by atoms with Crippen LogP contribution >= 0.6 is 0 Å². The molecule has 0 atom stereocenters. The standard InChI is InChI=1S/C14H16N2O3/c1-8-4-5-12(19-3)10(6-8)14-9(2)15-16-11(14)7-13(17)18/h4-6H,7H2,1-3H3,(H,15,16)(H,17,18). The minimum Gasteiger partial charge on any atom is -0.496 e. The summed E-state index contributed by atoms with van der Waals surface area (Å²) in [6.07, 6.45) is -0.114. The van der Waals surface area contributed by atoms with E-state index in [1.165, 1.54) is 0 Å². The van der Waals surface area contributed by atoms with E-state index in [1.54, 1.807) is 7.11 Å². The number of aromatic amines is 1. The van der Waals surface area contributed by atoms with Crippen LogP contribution in [0.4, 0.5) is 0 Å². The predicted octanol–water partition coefficient (Wildman–Crippen LogP) is 2.33. The zero-order valence-electron chi connectivity index (χ0n) is 11.2. The maximum absolute atomic E-state index is 10.9. The van der Waals surface area contributed by atoms with Gasteiger partial charge in [0.2, 0.25) is 0 Å². The van der Waals surface area contributed by atoms with E-state index in [0.717, 1.165) is 22.4 Å². The number of hydrogen-bond acceptors (Lipinski definition) is 3. The van der Waals surface area contributed by atoms with Gasteiger partial charge in [-0.15, -0.1) is 0 Å². The summed E-state index contributed by atoms with van der Waals surface area (Å²) in [7, 11) is 1.60. The first-order valence-corrected chi connectivity index (χ1v) is 5.93. The van der Waals surface area contributed by atoms with Crippen molar-refractivity contribution in [2.45, 2.75) is 20.3 Å². The van der Waals surface area contributed by atoms with Crippen LogP contribution in [-0.4, -0.2) is 28.4 Å². The number of nitrogens with zero attached hydrogens (tertiary/aromatic N) is 1. The molecule has 100 valence electrons. The quantitative estimate of drug-likeness (QED) is 0.884. The highest BCUT2D eigenvalue weighted by molar-refractivity contribution is 5.79. The number of ether oxygens (including phenoxy) is 1. The van der Waals surface area contributed by atoms with E-state index in [4.69, 9.17) is 9.84 Å². The lowest BCUT2D eigenvalue weighted by molar-refractivity contribution is -0.136. The van der Waals surface area contributed by atoms with Gasteiger partial charge >= 0.3 is 5.97 Å². The van der Waals surface area contributed by atoms with Crippen LogP contribution in [0.1, 0.15) is 17.0 Å². The molecule has 0 saturated heterocycles. The summed E-state index contributed by atoms with van der Waals surface area (Å²) in [5, 5.41) is 15.9. The molecule has 1 heterocycles. The van der Waals surface area contributed by atoms with E-state index in [0.29, 0.717) is 11.4 Å². The fourth-order valence-electron chi connectivity index (χ4n) is 2.13. The Bertz CT molecular complexity index is 617. The number of carboxylic acid groups (broad SMARTS) is 1. The van der Waals surface area contributed by atoms with Gasteiger partial charge in [0.15, 0.2) is 0 Å². The second kappa shape index (κ2) is 5.14. The van der Waals surface area contributed by atoms with Crippen molar-refractivity contribution in [2.75, 3.05) is 7.11 Å². The van der Waals surface area contributed by atoms with Crippen LogP contribution < -0.4 is 4.74 Å². The summed E-state index contributed by atoms with van der Waals surface area (Å²) in [6.45, 7) is 3.85. The molecule has 0 fully saturated rings. The highest BCUT2D eigenvalue weighted by atomic mass is 16.5. The topological polar surface area (TPSA) is 75.2 Å². The normalized spacial score (nSPS) is 10.5. The predicted molar refractivity (Wildman–Crippen MR) is 71.4 cm³/mol. The van der Waals surface area contributed by atoms with Gasteiger partial charge in [0.1, 0.15) is 5.75 Å². The number of rotatable bonds is 4. The molecule has 0 amide bonds. The lowest BCUT2D eigenvalue weighted by Crippen LogP contribution is -2.02. The number of benzene rings is 1. The molecule has 19 heavy (non-hydrogen) atoms. The summed E-state index contributed by atoms with van der Waals surface area (Å²) < 4.78 is 5.35.